The molecule has 0 saturated heterocycles. The topological polar surface area (TPSA) is 43.8 Å². The summed E-state index contributed by atoms with van der Waals surface area (Å²) in [6.45, 7) is 7.35. The molecule has 20 heavy (non-hydrogen) atoms. The standard InChI is InChI=1S/C15H23N3.2ClH/c1-4-5-10-18-13-9-7-6-8-12(13)17-14(18)11-15(2,3)16;;/h6-9H,4-5,10-11,16H2,1-3H3;2*1H. The minimum absolute atomic E-state index is 0. The molecule has 0 bridgehead atoms. The molecule has 1 aromatic carbocycles. The summed E-state index contributed by atoms with van der Waals surface area (Å²) in [6, 6.07) is 8.33. The van der Waals surface area contributed by atoms with Gasteiger partial charge in [0.25, 0.3) is 0 Å². The third-order valence-corrected chi connectivity index (χ3v) is 3.08. The van der Waals surface area contributed by atoms with Crippen molar-refractivity contribution in [3.05, 3.63) is 30.1 Å². The number of halogens is 2. The lowest BCUT2D eigenvalue weighted by atomic mass is 10.0. The number of fused-ring (bicyclic) bond motifs is 1. The van der Waals surface area contributed by atoms with E-state index in [4.69, 9.17) is 10.7 Å². The summed E-state index contributed by atoms with van der Waals surface area (Å²) in [4.78, 5) is 4.73. The summed E-state index contributed by atoms with van der Waals surface area (Å²) in [7, 11) is 0. The van der Waals surface area contributed by atoms with E-state index in [9.17, 15) is 0 Å². The fraction of sp³-hybridized carbons (Fsp3) is 0.533. The first-order valence-electron chi connectivity index (χ1n) is 6.74. The number of benzene rings is 1. The van der Waals surface area contributed by atoms with Crippen molar-refractivity contribution < 1.29 is 0 Å². The highest BCUT2D eigenvalue weighted by atomic mass is 35.5. The number of hydrogen-bond acceptors (Lipinski definition) is 2. The average molecular weight is 318 g/mol. The molecular weight excluding hydrogens is 293 g/mol. The van der Waals surface area contributed by atoms with Gasteiger partial charge in [-0.2, -0.15) is 0 Å². The van der Waals surface area contributed by atoms with E-state index in [0.717, 1.165) is 24.3 Å². The Hall–Kier alpha value is -0.770. The molecule has 0 saturated carbocycles. The van der Waals surface area contributed by atoms with Crippen LogP contribution in [0.25, 0.3) is 11.0 Å². The number of hydrogen-bond donors (Lipinski definition) is 1. The third-order valence-electron chi connectivity index (χ3n) is 3.08. The Morgan fingerprint density at radius 3 is 2.45 bits per heavy atom. The van der Waals surface area contributed by atoms with E-state index >= 15 is 0 Å². The van der Waals surface area contributed by atoms with Gasteiger partial charge in [-0.1, -0.05) is 25.5 Å². The van der Waals surface area contributed by atoms with E-state index < -0.39 is 0 Å². The predicted octanol–water partition coefficient (Wildman–Crippen LogP) is 3.96. The summed E-state index contributed by atoms with van der Waals surface area (Å²) < 4.78 is 2.33. The quantitative estimate of drug-likeness (QED) is 0.907. The molecule has 1 aromatic heterocycles. The zero-order valence-electron chi connectivity index (χ0n) is 12.4. The van der Waals surface area contributed by atoms with E-state index in [1.165, 1.54) is 18.4 Å². The number of nitrogens with zero attached hydrogens (tertiary/aromatic N) is 2. The van der Waals surface area contributed by atoms with Gasteiger partial charge in [-0.25, -0.2) is 4.98 Å². The minimum atomic E-state index is -0.217. The first kappa shape index (κ1) is 19.2. The van der Waals surface area contributed by atoms with Crippen LogP contribution >= 0.6 is 24.8 Å². The molecule has 1 heterocycles. The molecule has 0 aliphatic carbocycles. The van der Waals surface area contributed by atoms with Gasteiger partial charge in [-0.3, -0.25) is 0 Å². The molecule has 0 fully saturated rings. The Kier molecular flexibility index (Phi) is 7.56. The Balaban J connectivity index is 0.00000180. The normalized spacial score (nSPS) is 11.0. The first-order chi connectivity index (χ1) is 8.51. The van der Waals surface area contributed by atoms with E-state index in [1.54, 1.807) is 0 Å². The number of aryl methyl sites for hydroxylation is 1. The number of nitrogens with two attached hydrogens (primary N) is 1. The van der Waals surface area contributed by atoms with Crippen molar-refractivity contribution in [2.75, 3.05) is 0 Å². The fourth-order valence-corrected chi connectivity index (χ4v) is 2.23. The molecule has 2 rings (SSSR count). The zero-order valence-corrected chi connectivity index (χ0v) is 14.1. The van der Waals surface area contributed by atoms with Crippen molar-refractivity contribution in [3.63, 3.8) is 0 Å². The molecule has 0 spiro atoms. The summed E-state index contributed by atoms with van der Waals surface area (Å²) in [5.74, 6) is 1.11. The molecule has 0 unspecified atom stereocenters. The van der Waals surface area contributed by atoms with E-state index in [1.807, 2.05) is 6.07 Å². The maximum absolute atomic E-state index is 6.13. The van der Waals surface area contributed by atoms with Gasteiger partial charge < -0.3 is 10.3 Å². The van der Waals surface area contributed by atoms with Gasteiger partial charge in [0.2, 0.25) is 0 Å². The molecule has 114 valence electrons. The zero-order chi connectivity index (χ0) is 13.2. The molecule has 0 atom stereocenters. The van der Waals surface area contributed by atoms with Crippen LogP contribution in [0.3, 0.4) is 0 Å². The van der Waals surface area contributed by atoms with Crippen molar-refractivity contribution in [2.24, 2.45) is 5.73 Å². The molecule has 0 aliphatic rings. The van der Waals surface area contributed by atoms with Crippen LogP contribution in [-0.2, 0) is 13.0 Å². The number of imidazole rings is 1. The Morgan fingerprint density at radius 1 is 1.20 bits per heavy atom. The number of rotatable bonds is 5. The molecule has 2 N–H and O–H groups in total. The second-order valence-corrected chi connectivity index (χ2v) is 5.69. The lowest BCUT2D eigenvalue weighted by Gasteiger charge is -2.19. The monoisotopic (exact) mass is 317 g/mol. The van der Waals surface area contributed by atoms with Crippen molar-refractivity contribution >= 4 is 35.8 Å². The molecule has 2 aromatic rings. The van der Waals surface area contributed by atoms with Gasteiger partial charge in [-0.15, -0.1) is 24.8 Å². The SMILES string of the molecule is CCCCn1c(CC(C)(C)N)nc2ccccc21.Cl.Cl. The number of aromatic nitrogens is 2. The van der Waals surface area contributed by atoms with Gasteiger partial charge in [0.1, 0.15) is 5.82 Å². The minimum Gasteiger partial charge on any atom is -0.328 e. The molecular formula is C15H25Cl2N3. The Bertz CT molecular complexity index is 529. The summed E-state index contributed by atoms with van der Waals surface area (Å²) in [5.41, 5.74) is 8.22. The summed E-state index contributed by atoms with van der Waals surface area (Å²) >= 11 is 0. The van der Waals surface area contributed by atoms with Crippen LogP contribution in [0.4, 0.5) is 0 Å². The largest absolute Gasteiger partial charge is 0.328 e. The van der Waals surface area contributed by atoms with Gasteiger partial charge in [-0.05, 0) is 32.4 Å². The highest BCUT2D eigenvalue weighted by Crippen LogP contribution is 2.19. The van der Waals surface area contributed by atoms with Gasteiger partial charge in [0, 0.05) is 18.5 Å². The number of para-hydroxylation sites is 2. The average Bonchev–Trinajstić information content (AvgIpc) is 2.61. The Labute approximate surface area is 133 Å². The molecule has 3 nitrogen and oxygen atoms in total. The van der Waals surface area contributed by atoms with Gasteiger partial charge >= 0.3 is 0 Å². The highest BCUT2D eigenvalue weighted by Gasteiger charge is 2.17. The molecule has 5 heteroatoms. The van der Waals surface area contributed by atoms with Crippen molar-refractivity contribution in [1.29, 1.82) is 0 Å². The van der Waals surface area contributed by atoms with Crippen LogP contribution in [0, 0.1) is 0 Å². The second kappa shape index (κ2) is 7.87. The van der Waals surface area contributed by atoms with Crippen LogP contribution < -0.4 is 5.73 Å². The van der Waals surface area contributed by atoms with Crippen LogP contribution in [0.15, 0.2) is 24.3 Å². The molecule has 0 amide bonds. The van der Waals surface area contributed by atoms with Crippen molar-refractivity contribution in [1.82, 2.24) is 9.55 Å². The molecule has 0 radical (unpaired) electrons. The second-order valence-electron chi connectivity index (χ2n) is 5.69. The fourth-order valence-electron chi connectivity index (χ4n) is 2.23. The highest BCUT2D eigenvalue weighted by molar-refractivity contribution is 5.85. The first-order valence-corrected chi connectivity index (χ1v) is 6.74. The smallest absolute Gasteiger partial charge is 0.111 e. The van der Waals surface area contributed by atoms with Gasteiger partial charge in [0.05, 0.1) is 11.0 Å². The van der Waals surface area contributed by atoms with E-state index in [-0.39, 0.29) is 30.4 Å². The molecule has 0 aliphatic heterocycles. The summed E-state index contributed by atoms with van der Waals surface area (Å²) in [6.07, 6.45) is 3.18. The predicted molar refractivity (Wildman–Crippen MR) is 91.1 cm³/mol. The third kappa shape index (κ3) is 4.65. The van der Waals surface area contributed by atoms with Crippen molar-refractivity contribution in [2.45, 2.75) is 52.1 Å². The van der Waals surface area contributed by atoms with E-state index in [0.29, 0.717) is 0 Å². The lowest BCUT2D eigenvalue weighted by molar-refractivity contribution is 0.483. The van der Waals surface area contributed by atoms with Crippen LogP contribution in [0.1, 0.15) is 39.4 Å². The van der Waals surface area contributed by atoms with Crippen LogP contribution in [-0.4, -0.2) is 15.1 Å². The van der Waals surface area contributed by atoms with Crippen molar-refractivity contribution in [3.8, 4) is 0 Å². The maximum Gasteiger partial charge on any atom is 0.111 e. The van der Waals surface area contributed by atoms with E-state index in [2.05, 4.69) is 43.5 Å². The van der Waals surface area contributed by atoms with Gasteiger partial charge in [0.15, 0.2) is 0 Å². The maximum atomic E-state index is 6.13. The lowest BCUT2D eigenvalue weighted by Crippen LogP contribution is -2.35. The van der Waals surface area contributed by atoms with Crippen LogP contribution in [0.5, 0.6) is 0 Å². The summed E-state index contributed by atoms with van der Waals surface area (Å²) in [5, 5.41) is 0. The van der Waals surface area contributed by atoms with Crippen LogP contribution in [0.2, 0.25) is 0 Å². The Morgan fingerprint density at radius 2 is 1.85 bits per heavy atom. The number of unbranched alkanes of at least 4 members (excludes halogenated alkanes) is 1.